The molecule has 5 heteroatoms. The van der Waals surface area contributed by atoms with Crippen molar-refractivity contribution in [1.29, 1.82) is 0 Å². The Morgan fingerprint density at radius 3 is 2.76 bits per heavy atom. The lowest BCUT2D eigenvalue weighted by atomic mass is 10.1. The van der Waals surface area contributed by atoms with E-state index in [0.717, 1.165) is 29.5 Å². The number of hydrogen-bond acceptors (Lipinski definition) is 5. The number of hydrogen-bond donors (Lipinski definition) is 1. The van der Waals surface area contributed by atoms with E-state index in [2.05, 4.69) is 29.3 Å². The van der Waals surface area contributed by atoms with Crippen molar-refractivity contribution in [3.05, 3.63) is 68.2 Å². The van der Waals surface area contributed by atoms with E-state index in [1.165, 1.54) is 10.9 Å². The third-order valence-electron chi connectivity index (χ3n) is 4.54. The minimum absolute atomic E-state index is 0.0994. The summed E-state index contributed by atoms with van der Waals surface area (Å²) in [5.74, 6) is 0. The van der Waals surface area contributed by atoms with Crippen molar-refractivity contribution in [2.75, 3.05) is 6.61 Å². The Bertz CT molecular complexity index is 882. The fourth-order valence-electron chi connectivity index (χ4n) is 3.12. The summed E-state index contributed by atoms with van der Waals surface area (Å²) < 4.78 is 5.36. The maximum atomic E-state index is 11.6. The zero-order valence-electron chi connectivity index (χ0n) is 14.6. The zero-order valence-corrected chi connectivity index (χ0v) is 15.4. The van der Waals surface area contributed by atoms with Gasteiger partial charge in [-0.25, -0.2) is 4.79 Å². The van der Waals surface area contributed by atoms with Gasteiger partial charge in [0.1, 0.15) is 5.58 Å². The first kappa shape index (κ1) is 17.9. The van der Waals surface area contributed by atoms with Crippen LogP contribution in [-0.4, -0.2) is 22.7 Å². The molecule has 1 aromatic carbocycles. The van der Waals surface area contributed by atoms with Gasteiger partial charge in [-0.3, -0.25) is 4.90 Å². The van der Waals surface area contributed by atoms with Crippen LogP contribution in [0.2, 0.25) is 0 Å². The number of rotatable bonds is 7. The highest BCUT2D eigenvalue weighted by molar-refractivity contribution is 7.09. The van der Waals surface area contributed by atoms with Crippen molar-refractivity contribution in [3.8, 4) is 0 Å². The number of thiophene rings is 1. The van der Waals surface area contributed by atoms with Gasteiger partial charge in [0, 0.05) is 35.5 Å². The Hall–Kier alpha value is -1.95. The normalized spacial score (nSPS) is 12.8. The number of benzene rings is 1. The molecule has 1 atom stereocenters. The average molecular weight is 357 g/mol. The van der Waals surface area contributed by atoms with E-state index in [9.17, 15) is 9.90 Å². The number of aliphatic hydroxyl groups is 1. The first-order valence-corrected chi connectivity index (χ1v) is 9.39. The van der Waals surface area contributed by atoms with Crippen LogP contribution in [0.25, 0.3) is 11.0 Å². The monoisotopic (exact) mass is 357 g/mol. The van der Waals surface area contributed by atoms with Crippen molar-refractivity contribution in [2.24, 2.45) is 0 Å². The van der Waals surface area contributed by atoms with Gasteiger partial charge in [-0.15, -0.1) is 11.3 Å². The molecular weight excluding hydrogens is 334 g/mol. The lowest BCUT2D eigenvalue weighted by Gasteiger charge is -2.29. The molecule has 1 N–H and O–H groups in total. The van der Waals surface area contributed by atoms with Crippen LogP contribution < -0.4 is 5.63 Å². The van der Waals surface area contributed by atoms with Gasteiger partial charge in [-0.05, 0) is 42.0 Å². The predicted octanol–water partition coefficient (Wildman–Crippen LogP) is 3.94. The minimum atomic E-state index is -0.320. The van der Waals surface area contributed by atoms with Crippen molar-refractivity contribution in [2.45, 2.75) is 39.4 Å². The van der Waals surface area contributed by atoms with Gasteiger partial charge >= 0.3 is 5.63 Å². The molecular formula is C20H23NO3S. The summed E-state index contributed by atoms with van der Waals surface area (Å²) in [6.45, 7) is 5.63. The van der Waals surface area contributed by atoms with Crippen molar-refractivity contribution in [3.63, 3.8) is 0 Å². The lowest BCUT2D eigenvalue weighted by Crippen LogP contribution is -2.36. The topological polar surface area (TPSA) is 53.7 Å². The maximum Gasteiger partial charge on any atom is 0.336 e. The quantitative estimate of drug-likeness (QED) is 0.651. The van der Waals surface area contributed by atoms with Crippen LogP contribution in [0.3, 0.4) is 0 Å². The molecule has 0 bridgehead atoms. The largest absolute Gasteiger partial charge is 0.423 e. The van der Waals surface area contributed by atoms with Gasteiger partial charge < -0.3 is 9.52 Å². The second-order valence-corrected chi connectivity index (χ2v) is 7.34. The van der Waals surface area contributed by atoms with E-state index in [0.29, 0.717) is 12.1 Å². The van der Waals surface area contributed by atoms with Gasteiger partial charge in [0.2, 0.25) is 0 Å². The zero-order chi connectivity index (χ0) is 17.8. The van der Waals surface area contributed by atoms with E-state index < -0.39 is 0 Å². The summed E-state index contributed by atoms with van der Waals surface area (Å²) in [7, 11) is 0. The Morgan fingerprint density at radius 2 is 2.08 bits per heavy atom. The first-order chi connectivity index (χ1) is 12.1. The third-order valence-corrected chi connectivity index (χ3v) is 5.40. The molecule has 3 rings (SSSR count). The molecule has 0 aliphatic carbocycles. The van der Waals surface area contributed by atoms with Gasteiger partial charge in [0.25, 0.3) is 0 Å². The smallest absolute Gasteiger partial charge is 0.336 e. The molecule has 2 heterocycles. The predicted molar refractivity (Wildman–Crippen MR) is 102 cm³/mol. The third kappa shape index (κ3) is 4.18. The highest BCUT2D eigenvalue weighted by Crippen LogP contribution is 2.22. The van der Waals surface area contributed by atoms with Crippen LogP contribution in [0.5, 0.6) is 0 Å². The molecule has 2 aromatic heterocycles. The summed E-state index contributed by atoms with van der Waals surface area (Å²) in [4.78, 5) is 15.2. The van der Waals surface area contributed by atoms with E-state index in [1.54, 1.807) is 11.3 Å². The lowest BCUT2D eigenvalue weighted by molar-refractivity contribution is 0.107. The van der Waals surface area contributed by atoms with Crippen LogP contribution in [0, 0.1) is 6.92 Å². The van der Waals surface area contributed by atoms with Gasteiger partial charge in [-0.2, -0.15) is 0 Å². The first-order valence-electron chi connectivity index (χ1n) is 8.51. The Morgan fingerprint density at radius 1 is 1.24 bits per heavy atom. The molecule has 3 aromatic rings. The molecule has 0 aliphatic rings. The molecule has 132 valence electrons. The Kier molecular flexibility index (Phi) is 5.68. The number of nitrogens with zero attached hydrogens (tertiary/aromatic N) is 1. The fourth-order valence-corrected chi connectivity index (χ4v) is 3.85. The maximum absolute atomic E-state index is 11.6. The average Bonchev–Trinajstić information content (AvgIpc) is 3.08. The molecule has 0 fully saturated rings. The summed E-state index contributed by atoms with van der Waals surface area (Å²) >= 11 is 1.72. The van der Waals surface area contributed by atoms with E-state index in [4.69, 9.17) is 4.42 Å². The van der Waals surface area contributed by atoms with Crippen molar-refractivity contribution < 1.29 is 9.52 Å². The molecule has 0 radical (unpaired) electrons. The molecule has 0 amide bonds. The second kappa shape index (κ2) is 7.95. The van der Waals surface area contributed by atoms with Gasteiger partial charge in [-0.1, -0.05) is 25.1 Å². The van der Waals surface area contributed by atoms with Crippen LogP contribution in [0.4, 0.5) is 0 Å². The molecule has 0 saturated heterocycles. The van der Waals surface area contributed by atoms with Gasteiger partial charge in [0.15, 0.2) is 0 Å². The SMILES string of the molecule is CC[C@H](CO)N(Cc1ccc2c(C)cc(=O)oc2c1)Cc1cccs1. The Balaban J connectivity index is 1.90. The minimum Gasteiger partial charge on any atom is -0.423 e. The molecule has 0 aliphatic heterocycles. The van der Waals surface area contributed by atoms with Crippen LogP contribution >= 0.6 is 11.3 Å². The number of fused-ring (bicyclic) bond motifs is 1. The molecule has 0 unspecified atom stereocenters. The highest BCUT2D eigenvalue weighted by Gasteiger charge is 2.18. The second-order valence-electron chi connectivity index (χ2n) is 6.31. The summed E-state index contributed by atoms with van der Waals surface area (Å²) in [5, 5.41) is 12.8. The molecule has 25 heavy (non-hydrogen) atoms. The highest BCUT2D eigenvalue weighted by atomic mass is 32.1. The van der Waals surface area contributed by atoms with Crippen molar-refractivity contribution in [1.82, 2.24) is 4.90 Å². The van der Waals surface area contributed by atoms with Crippen molar-refractivity contribution >= 4 is 22.3 Å². The van der Waals surface area contributed by atoms with Crippen LogP contribution in [0.1, 0.15) is 29.3 Å². The van der Waals surface area contributed by atoms with Gasteiger partial charge in [0.05, 0.1) is 6.61 Å². The van der Waals surface area contributed by atoms with E-state index in [-0.39, 0.29) is 18.3 Å². The molecule has 4 nitrogen and oxygen atoms in total. The Labute approximate surface area is 151 Å². The van der Waals surface area contributed by atoms with Crippen LogP contribution in [-0.2, 0) is 13.1 Å². The van der Waals surface area contributed by atoms with E-state index >= 15 is 0 Å². The molecule has 0 saturated carbocycles. The number of aryl methyl sites for hydroxylation is 1. The van der Waals surface area contributed by atoms with E-state index in [1.807, 2.05) is 25.1 Å². The molecule has 0 spiro atoms. The summed E-state index contributed by atoms with van der Waals surface area (Å²) in [6.07, 6.45) is 0.879. The standard InChI is InChI=1S/C20H23NO3S/c1-3-16(13-22)21(12-17-5-4-8-25-17)11-15-6-7-18-14(2)9-20(23)24-19(18)10-15/h4-10,16,22H,3,11-13H2,1-2H3/t16-/m1/s1. The van der Waals surface area contributed by atoms with Crippen LogP contribution in [0.15, 0.2) is 51.0 Å². The summed E-state index contributed by atoms with van der Waals surface area (Å²) in [6, 6.07) is 11.8. The fraction of sp³-hybridized carbons (Fsp3) is 0.350. The number of aliphatic hydroxyl groups excluding tert-OH is 1. The summed E-state index contributed by atoms with van der Waals surface area (Å²) in [5.41, 5.74) is 2.30.